The highest BCUT2D eigenvalue weighted by molar-refractivity contribution is 5.97. The van der Waals surface area contributed by atoms with Gasteiger partial charge < -0.3 is 9.64 Å². The van der Waals surface area contributed by atoms with Gasteiger partial charge in [-0.2, -0.15) is 0 Å². The van der Waals surface area contributed by atoms with Gasteiger partial charge in [0, 0.05) is 37.7 Å². The van der Waals surface area contributed by atoms with Gasteiger partial charge in [0.15, 0.2) is 5.78 Å². The van der Waals surface area contributed by atoms with Crippen molar-refractivity contribution in [3.8, 4) is 5.75 Å². The summed E-state index contributed by atoms with van der Waals surface area (Å²) in [7, 11) is 1.61. The first kappa shape index (κ1) is 18.5. The first-order chi connectivity index (χ1) is 11.6. The monoisotopic (exact) mass is 332 g/mol. The van der Waals surface area contributed by atoms with E-state index >= 15 is 0 Å². The minimum atomic E-state index is 0.109. The molecule has 0 unspecified atom stereocenters. The Morgan fingerprint density at radius 1 is 1.04 bits per heavy atom. The van der Waals surface area contributed by atoms with Crippen LogP contribution in [0.15, 0.2) is 24.3 Å². The molecule has 1 saturated heterocycles. The van der Waals surface area contributed by atoms with E-state index in [1.807, 2.05) is 4.90 Å². The van der Waals surface area contributed by atoms with Crippen LogP contribution in [-0.2, 0) is 4.79 Å². The Morgan fingerprint density at radius 3 is 2.12 bits per heavy atom. The molecule has 1 aliphatic rings. The van der Waals surface area contributed by atoms with Crippen LogP contribution in [0, 0.1) is 5.92 Å². The Balaban J connectivity index is 1.83. The van der Waals surface area contributed by atoms with Gasteiger partial charge in [-0.15, -0.1) is 0 Å². The lowest BCUT2D eigenvalue weighted by Crippen LogP contribution is -2.51. The predicted molar refractivity (Wildman–Crippen MR) is 94.4 cm³/mol. The average Bonchev–Trinajstić information content (AvgIpc) is 2.63. The van der Waals surface area contributed by atoms with Crippen LogP contribution in [0.5, 0.6) is 5.75 Å². The summed E-state index contributed by atoms with van der Waals surface area (Å²) in [5.74, 6) is 1.26. The summed E-state index contributed by atoms with van der Waals surface area (Å²) in [6.07, 6.45) is 1.79. The Hall–Kier alpha value is -1.88. The fourth-order valence-electron chi connectivity index (χ4n) is 3.09. The molecule has 0 spiro atoms. The summed E-state index contributed by atoms with van der Waals surface area (Å²) in [6, 6.07) is 7.21. The van der Waals surface area contributed by atoms with Crippen LogP contribution in [0.25, 0.3) is 0 Å². The molecule has 0 atom stereocenters. The highest BCUT2D eigenvalue weighted by atomic mass is 16.5. The smallest absolute Gasteiger partial charge is 0.225 e. The van der Waals surface area contributed by atoms with E-state index < -0.39 is 0 Å². The van der Waals surface area contributed by atoms with E-state index in [1.54, 1.807) is 31.4 Å². The second kappa shape index (κ2) is 8.83. The van der Waals surface area contributed by atoms with E-state index in [1.165, 1.54) is 0 Å². The number of carbonyl (C=O) groups is 2. The summed E-state index contributed by atoms with van der Waals surface area (Å²) < 4.78 is 5.11. The van der Waals surface area contributed by atoms with E-state index in [2.05, 4.69) is 18.7 Å². The minimum Gasteiger partial charge on any atom is -0.497 e. The van der Waals surface area contributed by atoms with Crippen LogP contribution >= 0.6 is 0 Å². The molecule has 24 heavy (non-hydrogen) atoms. The van der Waals surface area contributed by atoms with Gasteiger partial charge in [0.05, 0.1) is 13.7 Å². The normalized spacial score (nSPS) is 15.6. The van der Waals surface area contributed by atoms with Gasteiger partial charge in [-0.25, -0.2) is 0 Å². The largest absolute Gasteiger partial charge is 0.497 e. The third kappa shape index (κ3) is 4.57. The number of amides is 1. The molecular formula is C19H28N2O3. The number of hydrogen-bond acceptors (Lipinski definition) is 4. The molecule has 5 nitrogen and oxygen atoms in total. The number of nitrogens with zero attached hydrogens (tertiary/aromatic N) is 2. The number of hydrogen-bond donors (Lipinski definition) is 0. The van der Waals surface area contributed by atoms with Gasteiger partial charge in [0.25, 0.3) is 0 Å². The molecule has 0 radical (unpaired) electrons. The highest BCUT2D eigenvalue weighted by Gasteiger charge is 2.26. The summed E-state index contributed by atoms with van der Waals surface area (Å²) in [5.41, 5.74) is 0.700. The van der Waals surface area contributed by atoms with Crippen molar-refractivity contribution in [2.75, 3.05) is 39.8 Å². The number of Topliss-reactive ketones (excluding diaryl/α,β-unsaturated/α-hetero) is 1. The summed E-state index contributed by atoms with van der Waals surface area (Å²) in [6.45, 7) is 7.48. The average molecular weight is 332 g/mol. The van der Waals surface area contributed by atoms with Crippen LogP contribution in [0.1, 0.15) is 37.0 Å². The predicted octanol–water partition coefficient (Wildman–Crippen LogP) is 2.46. The molecule has 1 amide bonds. The molecule has 1 aromatic rings. The molecule has 0 bridgehead atoms. The van der Waals surface area contributed by atoms with Crippen molar-refractivity contribution in [1.82, 2.24) is 9.80 Å². The van der Waals surface area contributed by atoms with Crippen molar-refractivity contribution >= 4 is 11.7 Å². The van der Waals surface area contributed by atoms with Crippen LogP contribution in [0.2, 0.25) is 0 Å². The zero-order valence-electron chi connectivity index (χ0n) is 15.0. The van der Waals surface area contributed by atoms with Crippen molar-refractivity contribution in [3.63, 3.8) is 0 Å². The SMILES string of the molecule is CCC(CC)C(=O)N1CCN(CC(=O)c2ccc(OC)cc2)CC1. The summed E-state index contributed by atoms with van der Waals surface area (Å²) >= 11 is 0. The first-order valence-electron chi connectivity index (χ1n) is 8.77. The van der Waals surface area contributed by atoms with Gasteiger partial charge in [0.1, 0.15) is 5.75 Å². The molecule has 1 fully saturated rings. The maximum absolute atomic E-state index is 12.4. The second-order valence-electron chi connectivity index (χ2n) is 6.27. The zero-order chi connectivity index (χ0) is 17.5. The third-order valence-electron chi connectivity index (χ3n) is 4.80. The number of carbonyl (C=O) groups excluding carboxylic acids is 2. The second-order valence-corrected chi connectivity index (χ2v) is 6.27. The summed E-state index contributed by atoms with van der Waals surface area (Å²) in [5, 5.41) is 0. The Bertz CT molecular complexity index is 544. The molecule has 0 aromatic heterocycles. The zero-order valence-corrected chi connectivity index (χ0v) is 15.0. The topological polar surface area (TPSA) is 49.9 Å². The molecule has 1 heterocycles. The third-order valence-corrected chi connectivity index (χ3v) is 4.80. The van der Waals surface area contributed by atoms with Crippen molar-refractivity contribution in [2.45, 2.75) is 26.7 Å². The van der Waals surface area contributed by atoms with Crippen LogP contribution in [0.4, 0.5) is 0 Å². The molecule has 0 saturated carbocycles. The fourth-order valence-corrected chi connectivity index (χ4v) is 3.09. The standard InChI is InChI=1S/C19H28N2O3/c1-4-15(5-2)19(23)21-12-10-20(11-13-21)14-18(22)16-6-8-17(24-3)9-7-16/h6-9,15H,4-5,10-14H2,1-3H3. The molecule has 5 heteroatoms. The number of ketones is 1. The van der Waals surface area contributed by atoms with Crippen LogP contribution in [-0.4, -0.2) is 61.3 Å². The van der Waals surface area contributed by atoms with Gasteiger partial charge in [-0.05, 0) is 37.1 Å². The van der Waals surface area contributed by atoms with E-state index in [9.17, 15) is 9.59 Å². The van der Waals surface area contributed by atoms with Crippen LogP contribution in [0.3, 0.4) is 0 Å². The lowest BCUT2D eigenvalue weighted by molar-refractivity contribution is -0.137. The fraction of sp³-hybridized carbons (Fsp3) is 0.579. The van der Waals surface area contributed by atoms with Crippen molar-refractivity contribution < 1.29 is 14.3 Å². The van der Waals surface area contributed by atoms with Crippen LogP contribution < -0.4 is 4.74 Å². The van der Waals surface area contributed by atoms with Crippen molar-refractivity contribution in [3.05, 3.63) is 29.8 Å². The van der Waals surface area contributed by atoms with Gasteiger partial charge >= 0.3 is 0 Å². The number of rotatable bonds is 7. The molecule has 132 valence electrons. The maximum atomic E-state index is 12.4. The molecule has 2 rings (SSSR count). The Morgan fingerprint density at radius 2 is 1.62 bits per heavy atom. The maximum Gasteiger partial charge on any atom is 0.225 e. The molecule has 0 N–H and O–H groups in total. The number of piperazine rings is 1. The van der Waals surface area contributed by atoms with Gasteiger partial charge in [-0.1, -0.05) is 13.8 Å². The quantitative estimate of drug-likeness (QED) is 0.720. The Kier molecular flexibility index (Phi) is 6.79. The molecule has 0 aliphatic carbocycles. The molecule has 1 aromatic carbocycles. The highest BCUT2D eigenvalue weighted by Crippen LogP contribution is 2.15. The minimum absolute atomic E-state index is 0.109. The number of methoxy groups -OCH3 is 1. The summed E-state index contributed by atoms with van der Waals surface area (Å²) in [4.78, 5) is 28.8. The number of ether oxygens (including phenoxy) is 1. The lowest BCUT2D eigenvalue weighted by atomic mass is 10.0. The lowest BCUT2D eigenvalue weighted by Gasteiger charge is -2.36. The van der Waals surface area contributed by atoms with Gasteiger partial charge in [-0.3, -0.25) is 14.5 Å². The van der Waals surface area contributed by atoms with E-state index in [0.717, 1.165) is 31.7 Å². The van der Waals surface area contributed by atoms with Crippen molar-refractivity contribution in [2.24, 2.45) is 5.92 Å². The van der Waals surface area contributed by atoms with E-state index in [4.69, 9.17) is 4.74 Å². The van der Waals surface area contributed by atoms with Crippen molar-refractivity contribution in [1.29, 1.82) is 0 Å². The molecular weight excluding hydrogens is 304 g/mol. The van der Waals surface area contributed by atoms with E-state index in [0.29, 0.717) is 25.2 Å². The first-order valence-corrected chi connectivity index (χ1v) is 8.77. The van der Waals surface area contributed by atoms with E-state index in [-0.39, 0.29) is 17.6 Å². The Labute approximate surface area is 144 Å². The van der Waals surface area contributed by atoms with Gasteiger partial charge in [0.2, 0.25) is 5.91 Å². The number of benzene rings is 1. The molecule has 1 aliphatic heterocycles.